The molecule has 0 bridgehead atoms. The zero-order valence-corrected chi connectivity index (χ0v) is 15.6. The summed E-state index contributed by atoms with van der Waals surface area (Å²) in [5.41, 5.74) is 0.538. The molecule has 5 nitrogen and oxygen atoms in total. The van der Waals surface area contributed by atoms with Gasteiger partial charge in [-0.05, 0) is 50.2 Å². The molecular formula is C21H28N2O3. The van der Waals surface area contributed by atoms with Crippen LogP contribution in [-0.2, 0) is 4.79 Å². The molecule has 1 aliphatic carbocycles. The number of rotatable bonds is 6. The maximum Gasteiger partial charge on any atom is 0.222 e. The molecule has 0 spiro atoms. The van der Waals surface area contributed by atoms with Gasteiger partial charge in [-0.3, -0.25) is 4.79 Å². The van der Waals surface area contributed by atoms with Crippen LogP contribution in [0.15, 0.2) is 18.2 Å². The van der Waals surface area contributed by atoms with Crippen LogP contribution >= 0.6 is 0 Å². The summed E-state index contributed by atoms with van der Waals surface area (Å²) in [5, 5.41) is 8.94. The maximum atomic E-state index is 12.7. The molecule has 0 N–H and O–H groups in total. The van der Waals surface area contributed by atoms with Gasteiger partial charge in [-0.15, -0.1) is 0 Å². The molecule has 2 unspecified atom stereocenters. The summed E-state index contributed by atoms with van der Waals surface area (Å²) in [5.74, 6) is 2.17. The molecule has 0 radical (unpaired) electrons. The van der Waals surface area contributed by atoms with Crippen molar-refractivity contribution in [3.8, 4) is 17.6 Å². The zero-order valence-electron chi connectivity index (χ0n) is 15.6. The van der Waals surface area contributed by atoms with Gasteiger partial charge >= 0.3 is 0 Å². The van der Waals surface area contributed by atoms with Crippen LogP contribution in [0, 0.1) is 17.2 Å². The molecule has 3 rings (SSSR count). The van der Waals surface area contributed by atoms with Gasteiger partial charge in [-0.2, -0.15) is 5.26 Å². The highest BCUT2D eigenvalue weighted by atomic mass is 16.5. The summed E-state index contributed by atoms with van der Waals surface area (Å²) < 4.78 is 11.0. The number of carbonyl (C=O) groups excluding carboxylic acids is 1. The number of hydrogen-bond acceptors (Lipinski definition) is 4. The minimum absolute atomic E-state index is 0.275. The average molecular weight is 356 g/mol. The van der Waals surface area contributed by atoms with E-state index in [9.17, 15) is 4.79 Å². The van der Waals surface area contributed by atoms with E-state index >= 15 is 0 Å². The minimum Gasteiger partial charge on any atom is -0.493 e. The van der Waals surface area contributed by atoms with E-state index in [1.807, 2.05) is 0 Å². The Bertz CT molecular complexity index is 666. The number of methoxy groups -OCH3 is 1. The molecular weight excluding hydrogens is 328 g/mol. The van der Waals surface area contributed by atoms with Crippen LogP contribution in [0.5, 0.6) is 11.5 Å². The highest BCUT2D eigenvalue weighted by molar-refractivity contribution is 5.76. The van der Waals surface area contributed by atoms with Crippen molar-refractivity contribution in [2.45, 2.75) is 57.4 Å². The molecule has 1 heterocycles. The molecule has 140 valence electrons. The molecule has 5 heteroatoms. The van der Waals surface area contributed by atoms with Crippen molar-refractivity contribution in [2.75, 3.05) is 20.3 Å². The molecule has 2 aliphatic rings. The van der Waals surface area contributed by atoms with E-state index in [-0.39, 0.29) is 5.91 Å². The van der Waals surface area contributed by atoms with Gasteiger partial charge in [0.2, 0.25) is 5.91 Å². The minimum atomic E-state index is 0.275. The molecule has 1 amide bonds. The largest absolute Gasteiger partial charge is 0.493 e. The Morgan fingerprint density at radius 3 is 2.85 bits per heavy atom. The number of benzene rings is 1. The number of nitriles is 1. The summed E-state index contributed by atoms with van der Waals surface area (Å²) in [7, 11) is 1.56. The maximum absolute atomic E-state index is 12.7. The molecule has 1 aromatic rings. The van der Waals surface area contributed by atoms with Gasteiger partial charge in [0, 0.05) is 25.1 Å². The van der Waals surface area contributed by atoms with Crippen LogP contribution in [0.2, 0.25) is 0 Å². The lowest BCUT2D eigenvalue weighted by atomic mass is 9.78. The first-order valence-electron chi connectivity index (χ1n) is 9.73. The second kappa shape index (κ2) is 8.93. The Morgan fingerprint density at radius 1 is 1.23 bits per heavy atom. The normalized spacial score (nSPS) is 22.2. The Labute approximate surface area is 155 Å². The molecule has 1 saturated heterocycles. The first-order valence-corrected chi connectivity index (χ1v) is 9.73. The van der Waals surface area contributed by atoms with Crippen molar-refractivity contribution in [1.29, 1.82) is 5.26 Å². The van der Waals surface area contributed by atoms with Crippen LogP contribution in [0.25, 0.3) is 0 Å². The number of hydrogen-bond donors (Lipinski definition) is 0. The van der Waals surface area contributed by atoms with Gasteiger partial charge in [0.1, 0.15) is 0 Å². The summed E-state index contributed by atoms with van der Waals surface area (Å²) in [4.78, 5) is 14.8. The first kappa shape index (κ1) is 18.6. The lowest BCUT2D eigenvalue weighted by Gasteiger charge is -2.44. The van der Waals surface area contributed by atoms with Crippen LogP contribution in [-0.4, -0.2) is 37.1 Å². The molecule has 1 aliphatic heterocycles. The topological polar surface area (TPSA) is 62.6 Å². The van der Waals surface area contributed by atoms with Crippen molar-refractivity contribution in [1.82, 2.24) is 4.90 Å². The molecule has 1 saturated carbocycles. The lowest BCUT2D eigenvalue weighted by Crippen LogP contribution is -2.49. The van der Waals surface area contributed by atoms with Crippen LogP contribution in [0.4, 0.5) is 0 Å². The van der Waals surface area contributed by atoms with Crippen molar-refractivity contribution >= 4 is 5.91 Å². The predicted octanol–water partition coefficient (Wildman–Crippen LogP) is 3.91. The van der Waals surface area contributed by atoms with Crippen molar-refractivity contribution in [2.24, 2.45) is 5.92 Å². The summed E-state index contributed by atoms with van der Waals surface area (Å²) in [6.45, 7) is 1.39. The Morgan fingerprint density at radius 2 is 2.04 bits per heavy atom. The third-order valence-electron chi connectivity index (χ3n) is 5.65. The fourth-order valence-electron chi connectivity index (χ4n) is 4.34. The highest BCUT2D eigenvalue weighted by Crippen LogP contribution is 2.35. The van der Waals surface area contributed by atoms with Crippen LogP contribution < -0.4 is 9.47 Å². The molecule has 1 aromatic carbocycles. The average Bonchev–Trinajstić information content (AvgIpc) is 2.70. The van der Waals surface area contributed by atoms with E-state index in [1.54, 1.807) is 25.3 Å². The van der Waals surface area contributed by atoms with Crippen LogP contribution in [0.1, 0.15) is 56.9 Å². The van der Waals surface area contributed by atoms with Crippen molar-refractivity contribution < 1.29 is 14.3 Å². The predicted molar refractivity (Wildman–Crippen MR) is 99.1 cm³/mol. The smallest absolute Gasteiger partial charge is 0.222 e. The second-order valence-corrected chi connectivity index (χ2v) is 7.27. The van der Waals surface area contributed by atoms with Crippen molar-refractivity contribution in [3.05, 3.63) is 23.8 Å². The van der Waals surface area contributed by atoms with Gasteiger partial charge < -0.3 is 14.4 Å². The quantitative estimate of drug-likeness (QED) is 0.725. The van der Waals surface area contributed by atoms with Gasteiger partial charge in [0.25, 0.3) is 0 Å². The van der Waals surface area contributed by atoms with Crippen LogP contribution in [0.3, 0.4) is 0 Å². The number of likely N-dealkylation sites (tertiary alicyclic amines) is 1. The number of carbonyl (C=O) groups is 1. The van der Waals surface area contributed by atoms with Gasteiger partial charge in [0.15, 0.2) is 11.5 Å². The van der Waals surface area contributed by atoms with E-state index in [0.29, 0.717) is 42.6 Å². The molecule has 0 aromatic heterocycles. The van der Waals surface area contributed by atoms with Gasteiger partial charge in [-0.25, -0.2) is 0 Å². The van der Waals surface area contributed by atoms with E-state index in [0.717, 1.165) is 18.9 Å². The molecule has 2 atom stereocenters. The van der Waals surface area contributed by atoms with Gasteiger partial charge in [0.05, 0.1) is 25.3 Å². The summed E-state index contributed by atoms with van der Waals surface area (Å²) in [6.07, 6.45) is 8.70. The number of piperidine rings is 1. The van der Waals surface area contributed by atoms with Gasteiger partial charge in [-0.1, -0.05) is 12.8 Å². The third-order valence-corrected chi connectivity index (χ3v) is 5.65. The summed E-state index contributed by atoms with van der Waals surface area (Å²) in [6, 6.07) is 7.68. The molecule has 26 heavy (non-hydrogen) atoms. The lowest BCUT2D eigenvalue weighted by molar-refractivity contribution is -0.137. The Balaban J connectivity index is 1.47. The SMILES string of the molecule is COc1cc(C#N)ccc1OCCCC(=O)N1CCCC2CCCCC21. The first-order chi connectivity index (χ1) is 12.7. The number of nitrogens with zero attached hydrogens (tertiary/aromatic N) is 2. The number of fused-ring (bicyclic) bond motifs is 1. The number of amides is 1. The van der Waals surface area contributed by atoms with Crippen molar-refractivity contribution in [3.63, 3.8) is 0 Å². The van der Waals surface area contributed by atoms with E-state index in [2.05, 4.69) is 11.0 Å². The fraction of sp³-hybridized carbons (Fsp3) is 0.619. The fourth-order valence-corrected chi connectivity index (χ4v) is 4.34. The second-order valence-electron chi connectivity index (χ2n) is 7.27. The standard InChI is InChI=1S/C21H28N2O3/c1-25-20-14-16(15-22)10-11-19(20)26-13-5-9-21(24)23-12-4-7-17-6-2-3-8-18(17)23/h10-11,14,17-18H,2-9,12-13H2,1H3. The highest BCUT2D eigenvalue weighted by Gasteiger charge is 2.35. The number of ether oxygens (including phenoxy) is 2. The Kier molecular flexibility index (Phi) is 6.38. The van der Waals surface area contributed by atoms with E-state index in [1.165, 1.54) is 32.1 Å². The summed E-state index contributed by atoms with van der Waals surface area (Å²) >= 11 is 0. The monoisotopic (exact) mass is 356 g/mol. The molecule has 2 fully saturated rings. The third kappa shape index (κ3) is 4.30. The van der Waals surface area contributed by atoms with E-state index in [4.69, 9.17) is 14.7 Å². The van der Waals surface area contributed by atoms with E-state index < -0.39 is 0 Å². The zero-order chi connectivity index (χ0) is 18.4. The Hall–Kier alpha value is -2.22.